The van der Waals surface area contributed by atoms with Crippen molar-refractivity contribution in [3.05, 3.63) is 155 Å². The van der Waals surface area contributed by atoms with Gasteiger partial charge in [0.25, 0.3) is 0 Å². The van der Waals surface area contributed by atoms with Crippen LogP contribution in [0.15, 0.2) is 133 Å². The topological polar surface area (TPSA) is 150 Å². The molecular formula is C65H76O12. The first kappa shape index (κ1) is 54.3. The van der Waals surface area contributed by atoms with Gasteiger partial charge in [0.1, 0.15) is 12.7 Å². The van der Waals surface area contributed by atoms with Crippen molar-refractivity contribution in [1.82, 2.24) is 0 Å². The van der Waals surface area contributed by atoms with Crippen molar-refractivity contribution in [2.75, 3.05) is 13.7 Å². The van der Waals surface area contributed by atoms with Crippen LogP contribution in [-0.2, 0) is 38.0 Å². The number of esters is 5. The largest absolute Gasteiger partial charge is 0.469 e. The summed E-state index contributed by atoms with van der Waals surface area (Å²) in [5.41, 5.74) is 1.21. The summed E-state index contributed by atoms with van der Waals surface area (Å²) >= 11 is 0. The number of carbonyl (C=O) groups is 5. The normalized spacial score (nSPS) is 35.9. The molecule has 4 aromatic carbocycles. The number of benzene rings is 4. The Morgan fingerprint density at radius 3 is 1.64 bits per heavy atom. The molecule has 0 unspecified atom stereocenters. The maximum atomic E-state index is 14.4. The first-order chi connectivity index (χ1) is 36.9. The van der Waals surface area contributed by atoms with Gasteiger partial charge < -0.3 is 33.2 Å². The molecule has 0 amide bonds. The maximum Gasteiger partial charge on any atom is 0.338 e. The number of fused-ring (bicyclic) bond motifs is 7. The average Bonchev–Trinajstić information content (AvgIpc) is 3.61. The third-order valence-electron chi connectivity index (χ3n) is 20.6. The molecule has 15 atom stereocenters. The minimum Gasteiger partial charge on any atom is -0.469 e. The molecule has 0 radical (unpaired) electrons. The Morgan fingerprint density at radius 2 is 1.09 bits per heavy atom. The number of carbonyl (C=O) groups excluding carboxylic acids is 5. The van der Waals surface area contributed by atoms with Gasteiger partial charge in [-0.25, -0.2) is 19.2 Å². The highest BCUT2D eigenvalue weighted by Crippen LogP contribution is 2.76. The van der Waals surface area contributed by atoms with Gasteiger partial charge in [0.15, 0.2) is 24.6 Å². The third kappa shape index (κ3) is 9.53. The van der Waals surface area contributed by atoms with E-state index in [0.717, 1.165) is 51.4 Å². The Balaban J connectivity index is 1.01. The summed E-state index contributed by atoms with van der Waals surface area (Å²) < 4.78 is 45.1. The zero-order chi connectivity index (χ0) is 54.5. The van der Waals surface area contributed by atoms with Gasteiger partial charge >= 0.3 is 29.8 Å². The van der Waals surface area contributed by atoms with Crippen molar-refractivity contribution in [3.8, 4) is 0 Å². The Hall–Kier alpha value is -6.11. The predicted molar refractivity (Wildman–Crippen MR) is 288 cm³/mol. The molecule has 0 bridgehead atoms. The van der Waals surface area contributed by atoms with E-state index in [1.807, 2.05) is 0 Å². The summed E-state index contributed by atoms with van der Waals surface area (Å²) in [5, 5.41) is 0. The first-order valence-electron chi connectivity index (χ1n) is 28.0. The smallest absolute Gasteiger partial charge is 0.338 e. The molecule has 6 aliphatic rings. The summed E-state index contributed by atoms with van der Waals surface area (Å²) in [7, 11) is 1.56. The molecule has 4 aromatic rings. The van der Waals surface area contributed by atoms with E-state index in [2.05, 4.69) is 54.5 Å². The highest BCUT2D eigenvalue weighted by Gasteiger charge is 2.70. The van der Waals surface area contributed by atoms with Crippen LogP contribution in [0.4, 0.5) is 0 Å². The molecule has 408 valence electrons. The van der Waals surface area contributed by atoms with Crippen LogP contribution in [-0.4, -0.2) is 80.4 Å². The second-order valence-corrected chi connectivity index (χ2v) is 24.5. The molecular weight excluding hydrogens is 973 g/mol. The van der Waals surface area contributed by atoms with Crippen molar-refractivity contribution < 1.29 is 57.1 Å². The van der Waals surface area contributed by atoms with E-state index >= 15 is 0 Å². The van der Waals surface area contributed by atoms with Crippen LogP contribution in [0, 0.1) is 56.7 Å². The van der Waals surface area contributed by atoms with Crippen molar-refractivity contribution in [1.29, 1.82) is 0 Å². The fraction of sp³-hybridized carbons (Fsp3) is 0.523. The molecule has 0 spiro atoms. The lowest BCUT2D eigenvalue weighted by atomic mass is 9.33. The minimum atomic E-state index is -1.53. The van der Waals surface area contributed by atoms with E-state index < -0.39 is 78.1 Å². The van der Waals surface area contributed by atoms with E-state index in [0.29, 0.717) is 29.7 Å². The third-order valence-corrected chi connectivity index (χ3v) is 20.6. The van der Waals surface area contributed by atoms with Crippen LogP contribution in [0.25, 0.3) is 0 Å². The zero-order valence-electron chi connectivity index (χ0n) is 45.9. The second kappa shape index (κ2) is 21.3. The lowest BCUT2D eigenvalue weighted by Gasteiger charge is -2.71. The molecule has 4 saturated carbocycles. The predicted octanol–water partition coefficient (Wildman–Crippen LogP) is 12.5. The fourth-order valence-corrected chi connectivity index (χ4v) is 16.1. The number of ether oxygens (including phenoxy) is 7. The van der Waals surface area contributed by atoms with Crippen molar-refractivity contribution in [2.45, 2.75) is 143 Å². The van der Waals surface area contributed by atoms with Crippen LogP contribution < -0.4 is 0 Å². The van der Waals surface area contributed by atoms with Crippen LogP contribution in [0.5, 0.6) is 0 Å². The molecule has 0 N–H and O–H groups in total. The molecule has 1 heterocycles. The number of allylic oxidation sites excluding steroid dienone is 2. The summed E-state index contributed by atoms with van der Waals surface area (Å²) in [6.45, 7) is 16.4. The Labute approximate surface area is 453 Å². The Morgan fingerprint density at radius 1 is 0.571 bits per heavy atom. The molecule has 77 heavy (non-hydrogen) atoms. The molecule has 10 rings (SSSR count). The Kier molecular flexibility index (Phi) is 15.0. The van der Waals surface area contributed by atoms with Crippen LogP contribution in [0.2, 0.25) is 0 Å². The zero-order valence-corrected chi connectivity index (χ0v) is 45.9. The fourth-order valence-electron chi connectivity index (χ4n) is 16.1. The lowest BCUT2D eigenvalue weighted by molar-refractivity contribution is -0.327. The van der Waals surface area contributed by atoms with Gasteiger partial charge in [0.2, 0.25) is 0 Å². The summed E-state index contributed by atoms with van der Waals surface area (Å²) in [6, 6.07) is 33.7. The Bertz CT molecular complexity index is 2830. The van der Waals surface area contributed by atoms with E-state index in [1.165, 1.54) is 5.57 Å². The molecule has 1 aliphatic heterocycles. The maximum absolute atomic E-state index is 14.4. The summed E-state index contributed by atoms with van der Waals surface area (Å²) in [4.78, 5) is 70.6. The van der Waals surface area contributed by atoms with Crippen molar-refractivity contribution >= 4 is 29.8 Å². The van der Waals surface area contributed by atoms with Gasteiger partial charge in [0, 0.05) is 0 Å². The van der Waals surface area contributed by atoms with E-state index in [-0.39, 0.29) is 50.7 Å². The van der Waals surface area contributed by atoms with Gasteiger partial charge in [-0.3, -0.25) is 4.79 Å². The highest BCUT2D eigenvalue weighted by atomic mass is 16.7. The molecule has 5 fully saturated rings. The van der Waals surface area contributed by atoms with E-state index in [1.54, 1.807) is 128 Å². The molecule has 0 aromatic heterocycles. The minimum absolute atomic E-state index is 0.0372. The van der Waals surface area contributed by atoms with E-state index in [4.69, 9.17) is 33.2 Å². The van der Waals surface area contributed by atoms with E-state index in [9.17, 15) is 24.0 Å². The van der Waals surface area contributed by atoms with Crippen LogP contribution >= 0.6 is 0 Å². The van der Waals surface area contributed by atoms with Crippen molar-refractivity contribution in [3.63, 3.8) is 0 Å². The van der Waals surface area contributed by atoms with Crippen LogP contribution in [0.1, 0.15) is 148 Å². The summed E-state index contributed by atoms with van der Waals surface area (Å²) in [6.07, 6.45) is 2.96. The quantitative estimate of drug-likeness (QED) is 0.0575. The number of hydrogen-bond acceptors (Lipinski definition) is 12. The van der Waals surface area contributed by atoms with Gasteiger partial charge in [-0.1, -0.05) is 133 Å². The second-order valence-electron chi connectivity index (χ2n) is 24.5. The molecule has 12 heteroatoms. The summed E-state index contributed by atoms with van der Waals surface area (Å²) in [5.74, 6) is -1.42. The standard InChI is InChI=1S/C65H76O12/c1-40-31-36-65(60(70)71-8)38-37-63(6)46(51(65)41(40)2)29-30-49-62(5)34-33-50(61(3,4)48(62)32-35-64(49,63)7)74-59-54(77-58(69)45-27-19-12-20-28-45)53(76-57(68)44-25-17-11-18-26-44)52(75-56(67)43-23-15-10-16-24-43)47(73-59)39-72-55(66)42-21-13-9-14-22-42/h9-29,40-41,47-54,59H,30-39H2,1-8H3/t40-,41+,47-,48+,49-,50+,51+,52-,53+,54-,59+,62+,63-,64-,65+/m1/s1. The van der Waals surface area contributed by atoms with Gasteiger partial charge in [0.05, 0.1) is 40.9 Å². The highest BCUT2D eigenvalue weighted by molar-refractivity contribution is 5.91. The SMILES string of the molecule is COC(=O)[C@]12CC[C@@H](C)[C@H](C)[C@H]1C1=CC[C@@H]3[C@@]4(C)CC[C@H](O[C@@H]5O[C@H](COC(=O)c6ccccc6)[C@@H](OC(=O)c6ccccc6)[C@H](OC(=O)c6ccccc6)[C@H]5OC(=O)c5ccccc5)C(C)(C)[C@@H]4CC[C@@]3(C)[C@]1(C)CC2. The molecule has 1 saturated heterocycles. The molecule has 5 aliphatic carbocycles. The van der Waals surface area contributed by atoms with Crippen molar-refractivity contribution in [2.24, 2.45) is 56.7 Å². The lowest BCUT2D eigenvalue weighted by Crippen LogP contribution is -2.67. The number of methoxy groups -OCH3 is 1. The van der Waals surface area contributed by atoms with Gasteiger partial charge in [-0.2, -0.15) is 0 Å². The van der Waals surface area contributed by atoms with Gasteiger partial charge in [-0.15, -0.1) is 0 Å². The van der Waals surface area contributed by atoms with Crippen LogP contribution in [0.3, 0.4) is 0 Å². The molecule has 12 nitrogen and oxygen atoms in total. The average molecular weight is 1050 g/mol. The first-order valence-corrected chi connectivity index (χ1v) is 28.0. The monoisotopic (exact) mass is 1050 g/mol. The number of hydrogen-bond donors (Lipinski definition) is 0. The van der Waals surface area contributed by atoms with Gasteiger partial charge in [-0.05, 0) is 158 Å². The number of rotatable bonds is 12.